The molecule has 4 fully saturated rings. The topological polar surface area (TPSA) is 63.6 Å². The van der Waals surface area contributed by atoms with Crippen LogP contribution in [-0.4, -0.2) is 82.7 Å². The molecule has 0 bridgehead atoms. The number of hydrogen-bond donors (Lipinski definition) is 0. The lowest BCUT2D eigenvalue weighted by molar-refractivity contribution is 0.105. The maximum atomic E-state index is 15.0. The molecule has 0 aromatic carbocycles. The van der Waals surface area contributed by atoms with E-state index in [1.54, 1.807) is 9.80 Å². The van der Waals surface area contributed by atoms with Crippen LogP contribution in [-0.2, 0) is 4.74 Å². The summed E-state index contributed by atoms with van der Waals surface area (Å²) in [5.41, 5.74) is -1.37. The highest BCUT2D eigenvalue weighted by Crippen LogP contribution is 2.43. The average molecular weight is 472 g/mol. The molecule has 2 aromatic heterocycles. The van der Waals surface area contributed by atoms with E-state index in [2.05, 4.69) is 15.0 Å². The van der Waals surface area contributed by atoms with Crippen LogP contribution in [0, 0.1) is 5.82 Å². The predicted molar refractivity (Wildman–Crippen MR) is 111 cm³/mol. The molecule has 4 aliphatic rings. The van der Waals surface area contributed by atoms with Gasteiger partial charge in [0.05, 0.1) is 19.7 Å². The zero-order valence-electron chi connectivity index (χ0n) is 19.1. The Morgan fingerprint density at radius 3 is 3.06 bits per heavy atom. The van der Waals surface area contributed by atoms with Crippen molar-refractivity contribution in [3.8, 4) is 6.01 Å². The van der Waals surface area contributed by atoms with E-state index in [1.165, 1.54) is 6.20 Å². The summed E-state index contributed by atoms with van der Waals surface area (Å²) in [5.74, 6) is -0.733. The number of fused-ring (bicyclic) bond motifs is 3. The first-order valence-electron chi connectivity index (χ1n) is 11.8. The normalized spacial score (nSPS) is 35.8. The second-order valence-corrected chi connectivity index (χ2v) is 9.22. The third-order valence-corrected chi connectivity index (χ3v) is 7.12. The molecular weight excluding hydrogens is 447 g/mol. The van der Waals surface area contributed by atoms with Crippen LogP contribution in [0.25, 0.3) is 10.9 Å². The Bertz CT molecular complexity index is 1150. The van der Waals surface area contributed by atoms with Crippen LogP contribution in [0.2, 0.25) is 5.15 Å². The second kappa shape index (κ2) is 7.56. The fourth-order valence-electron chi connectivity index (χ4n) is 5.29. The maximum absolute atomic E-state index is 15.0. The Morgan fingerprint density at radius 1 is 1.31 bits per heavy atom. The van der Waals surface area contributed by atoms with Crippen LogP contribution in [0.5, 0.6) is 6.01 Å². The molecule has 0 radical (unpaired) electrons. The summed E-state index contributed by atoms with van der Waals surface area (Å²) in [5, 5.41) is -0.200. The molecule has 7 nitrogen and oxygen atoms in total. The number of anilines is 1. The van der Waals surface area contributed by atoms with Crippen molar-refractivity contribution in [2.45, 2.75) is 55.7 Å². The summed E-state index contributed by atoms with van der Waals surface area (Å²) in [6.45, 7) is -0.871. The molecule has 1 aliphatic carbocycles. The highest BCUT2D eigenvalue weighted by molar-refractivity contribution is 6.30. The van der Waals surface area contributed by atoms with Gasteiger partial charge in [-0.25, -0.2) is 18.2 Å². The van der Waals surface area contributed by atoms with E-state index in [9.17, 15) is 13.2 Å². The molecule has 3 aliphatic heterocycles. The fourth-order valence-corrected chi connectivity index (χ4v) is 5.43. The van der Waals surface area contributed by atoms with Crippen LogP contribution in [0.4, 0.5) is 19.0 Å². The van der Waals surface area contributed by atoms with Gasteiger partial charge in [-0.1, -0.05) is 11.6 Å². The lowest BCUT2D eigenvalue weighted by Crippen LogP contribution is -2.43. The van der Waals surface area contributed by atoms with Crippen molar-refractivity contribution in [3.63, 3.8) is 0 Å². The summed E-state index contributed by atoms with van der Waals surface area (Å²) < 4.78 is 72.4. The standard InChI is InChI=1S/C21H23ClF3N5O2/c22-18-13(24)15-12(8-26-18)19(30-5-2-6-31-17-14(25)16(17)30)28-20(27-15)32-10-21-3-1-4-29(21)9-11(23)7-21/h8,11,14,16-17H,1-7,9-10H2/t11-,14+,16+,17-,21+/m1/s1/i10D2. The number of rotatable bonds is 4. The Kier molecular flexibility index (Phi) is 4.37. The van der Waals surface area contributed by atoms with Gasteiger partial charge in [-0.15, -0.1) is 0 Å². The maximum Gasteiger partial charge on any atom is 0.319 e. The van der Waals surface area contributed by atoms with Gasteiger partial charge in [-0.05, 0) is 25.8 Å². The molecule has 0 N–H and O–H groups in total. The Morgan fingerprint density at radius 2 is 2.19 bits per heavy atom. The van der Waals surface area contributed by atoms with Gasteiger partial charge in [0.2, 0.25) is 0 Å². The van der Waals surface area contributed by atoms with E-state index in [0.29, 0.717) is 39.0 Å². The summed E-state index contributed by atoms with van der Waals surface area (Å²) in [6, 6.07) is -1.02. The minimum absolute atomic E-state index is 0.0126. The average Bonchev–Trinajstić information content (AvgIpc) is 3.14. The van der Waals surface area contributed by atoms with Gasteiger partial charge in [0.25, 0.3) is 0 Å². The number of alkyl halides is 2. The largest absolute Gasteiger partial charge is 0.461 e. The molecule has 1 saturated carbocycles. The fraction of sp³-hybridized carbons (Fsp3) is 0.667. The molecule has 3 saturated heterocycles. The zero-order chi connectivity index (χ0) is 23.8. The minimum Gasteiger partial charge on any atom is -0.461 e. The van der Waals surface area contributed by atoms with Gasteiger partial charge in [-0.3, -0.25) is 4.90 Å². The van der Waals surface area contributed by atoms with Crippen molar-refractivity contribution in [1.29, 1.82) is 0 Å². The highest BCUT2D eigenvalue weighted by atomic mass is 35.5. The number of halogens is 4. The molecule has 5 atom stereocenters. The van der Waals surface area contributed by atoms with E-state index in [1.807, 2.05) is 0 Å². The minimum atomic E-state index is -2.35. The Hall–Kier alpha value is -1.91. The van der Waals surface area contributed by atoms with Crippen molar-refractivity contribution in [2.75, 3.05) is 37.7 Å². The van der Waals surface area contributed by atoms with Gasteiger partial charge in [-0.2, -0.15) is 9.97 Å². The Labute approximate surface area is 190 Å². The van der Waals surface area contributed by atoms with E-state index < -0.39 is 53.6 Å². The predicted octanol–water partition coefficient (Wildman–Crippen LogP) is 3.09. The molecule has 5 heterocycles. The van der Waals surface area contributed by atoms with Gasteiger partial charge < -0.3 is 14.4 Å². The van der Waals surface area contributed by atoms with E-state index in [0.717, 1.165) is 0 Å². The molecule has 0 unspecified atom stereocenters. The van der Waals surface area contributed by atoms with Crippen LogP contribution < -0.4 is 9.64 Å². The zero-order valence-corrected chi connectivity index (χ0v) is 17.9. The molecule has 172 valence electrons. The summed E-state index contributed by atoms with van der Waals surface area (Å²) in [4.78, 5) is 15.8. The third-order valence-electron chi connectivity index (χ3n) is 6.86. The Balaban J connectivity index is 1.44. The number of nitrogens with zero attached hydrogens (tertiary/aromatic N) is 5. The first-order chi connectivity index (χ1) is 16.2. The van der Waals surface area contributed by atoms with Gasteiger partial charge >= 0.3 is 6.01 Å². The number of pyridine rings is 1. The van der Waals surface area contributed by atoms with Crippen molar-refractivity contribution < 1.29 is 25.4 Å². The summed E-state index contributed by atoms with van der Waals surface area (Å²) in [7, 11) is 0. The highest BCUT2D eigenvalue weighted by Gasteiger charge is 2.58. The van der Waals surface area contributed by atoms with Crippen LogP contribution in [0.3, 0.4) is 0 Å². The van der Waals surface area contributed by atoms with Crippen LogP contribution >= 0.6 is 11.6 Å². The number of ether oxygens (including phenoxy) is 2. The van der Waals surface area contributed by atoms with Crippen LogP contribution in [0.15, 0.2) is 6.20 Å². The van der Waals surface area contributed by atoms with Gasteiger partial charge in [0.1, 0.15) is 30.2 Å². The molecule has 0 amide bonds. The van der Waals surface area contributed by atoms with Gasteiger partial charge in [0, 0.05) is 32.3 Å². The lowest BCUT2D eigenvalue weighted by atomic mass is 9.95. The molecule has 11 heteroatoms. The quantitative estimate of drug-likeness (QED) is 0.635. The molecule has 6 rings (SSSR count). The van der Waals surface area contributed by atoms with Crippen LogP contribution in [0.1, 0.15) is 28.4 Å². The van der Waals surface area contributed by atoms with E-state index in [4.69, 9.17) is 23.8 Å². The number of hydrogen-bond acceptors (Lipinski definition) is 7. The van der Waals surface area contributed by atoms with E-state index >= 15 is 0 Å². The monoisotopic (exact) mass is 471 g/mol. The first-order valence-corrected chi connectivity index (χ1v) is 11.2. The van der Waals surface area contributed by atoms with Gasteiger partial charge in [0.15, 0.2) is 17.1 Å². The van der Waals surface area contributed by atoms with Crippen molar-refractivity contribution in [2.24, 2.45) is 0 Å². The SMILES string of the molecule is [2H]C([2H])(Oc1nc(N2CCCO[C@@H]3[C@@H](F)[C@@H]32)c2cnc(Cl)c(F)c2n1)[C@@]12CCCN1C[C@H](F)C2. The second-order valence-electron chi connectivity index (χ2n) is 8.86. The molecular formula is C21H23ClF3N5O2. The smallest absolute Gasteiger partial charge is 0.319 e. The van der Waals surface area contributed by atoms with E-state index in [-0.39, 0.29) is 29.7 Å². The van der Waals surface area contributed by atoms with Crippen molar-refractivity contribution >= 4 is 28.3 Å². The summed E-state index contributed by atoms with van der Waals surface area (Å²) in [6.07, 6.45) is 0.0260. The molecule has 2 aromatic rings. The molecule has 0 spiro atoms. The lowest BCUT2D eigenvalue weighted by Gasteiger charge is -2.31. The third kappa shape index (κ3) is 3.21. The molecule has 32 heavy (non-hydrogen) atoms. The first kappa shape index (κ1) is 18.5. The van der Waals surface area contributed by atoms with Crippen molar-refractivity contribution in [3.05, 3.63) is 17.2 Å². The number of aromatic nitrogens is 3. The summed E-state index contributed by atoms with van der Waals surface area (Å²) >= 11 is 5.89. The van der Waals surface area contributed by atoms with Crippen molar-refractivity contribution in [1.82, 2.24) is 19.9 Å².